The van der Waals surface area contributed by atoms with Crippen molar-refractivity contribution in [2.75, 3.05) is 19.5 Å². The monoisotopic (exact) mass is 393 g/mol. The average molecular weight is 394 g/mol. The van der Waals surface area contributed by atoms with Crippen molar-refractivity contribution in [2.45, 2.75) is 13.3 Å². The predicted octanol–water partition coefficient (Wildman–Crippen LogP) is 4.47. The SMILES string of the molecule is CCc1nc2cc(Cl)ccn2c1C(=O)Nc1cc(OC)c(Cl)cc1OC. The van der Waals surface area contributed by atoms with Gasteiger partial charge in [0.2, 0.25) is 0 Å². The quantitative estimate of drug-likeness (QED) is 0.694. The van der Waals surface area contributed by atoms with Crippen LogP contribution in [-0.2, 0) is 6.42 Å². The molecule has 2 aromatic heterocycles. The third kappa shape index (κ3) is 3.30. The van der Waals surface area contributed by atoms with Crippen molar-refractivity contribution >= 4 is 40.4 Å². The molecule has 0 aliphatic carbocycles. The Kier molecular flexibility index (Phi) is 5.25. The number of fused-ring (bicyclic) bond motifs is 1. The van der Waals surface area contributed by atoms with Gasteiger partial charge in [-0.15, -0.1) is 0 Å². The van der Waals surface area contributed by atoms with E-state index in [2.05, 4.69) is 10.3 Å². The van der Waals surface area contributed by atoms with Crippen LogP contribution in [-0.4, -0.2) is 29.5 Å². The van der Waals surface area contributed by atoms with Crippen LogP contribution in [0.15, 0.2) is 30.5 Å². The Morgan fingerprint density at radius 3 is 2.58 bits per heavy atom. The number of imidazole rings is 1. The topological polar surface area (TPSA) is 64.9 Å². The summed E-state index contributed by atoms with van der Waals surface area (Å²) in [4.78, 5) is 17.5. The lowest BCUT2D eigenvalue weighted by molar-refractivity contribution is 0.102. The first kappa shape index (κ1) is 18.4. The van der Waals surface area contributed by atoms with E-state index in [-0.39, 0.29) is 5.91 Å². The second-order valence-electron chi connectivity index (χ2n) is 5.47. The van der Waals surface area contributed by atoms with E-state index in [0.717, 1.165) is 0 Å². The van der Waals surface area contributed by atoms with Crippen LogP contribution in [0.25, 0.3) is 5.65 Å². The minimum absolute atomic E-state index is 0.320. The smallest absolute Gasteiger partial charge is 0.274 e. The standard InChI is InChI=1S/C18H17Cl2N3O3/c1-4-12-17(23-6-5-10(19)7-16(23)21-12)18(24)22-13-9-14(25-2)11(20)8-15(13)26-3/h5-9H,4H2,1-3H3,(H,22,24). The number of hydrogen-bond donors (Lipinski definition) is 1. The number of carbonyl (C=O) groups is 1. The molecule has 0 aliphatic heterocycles. The summed E-state index contributed by atoms with van der Waals surface area (Å²) in [5, 5.41) is 3.80. The summed E-state index contributed by atoms with van der Waals surface area (Å²) in [6.07, 6.45) is 2.32. The van der Waals surface area contributed by atoms with Crippen LogP contribution in [0.1, 0.15) is 23.1 Å². The molecule has 136 valence electrons. The summed E-state index contributed by atoms with van der Waals surface area (Å²) in [6.45, 7) is 1.94. The van der Waals surface area contributed by atoms with Crippen molar-refractivity contribution in [1.82, 2.24) is 9.38 Å². The second kappa shape index (κ2) is 7.43. The average Bonchev–Trinajstić information content (AvgIpc) is 3.00. The van der Waals surface area contributed by atoms with E-state index in [0.29, 0.717) is 50.7 Å². The zero-order valence-corrected chi connectivity index (χ0v) is 16.0. The number of nitrogens with zero attached hydrogens (tertiary/aromatic N) is 2. The minimum atomic E-state index is -0.320. The summed E-state index contributed by atoms with van der Waals surface area (Å²) < 4.78 is 12.2. The van der Waals surface area contributed by atoms with Gasteiger partial charge in [0.1, 0.15) is 22.8 Å². The fourth-order valence-corrected chi connectivity index (χ4v) is 3.08. The number of benzene rings is 1. The van der Waals surface area contributed by atoms with Gasteiger partial charge in [-0.1, -0.05) is 30.1 Å². The number of hydrogen-bond acceptors (Lipinski definition) is 4. The van der Waals surface area contributed by atoms with Gasteiger partial charge in [-0.3, -0.25) is 9.20 Å². The maximum absolute atomic E-state index is 13.0. The van der Waals surface area contributed by atoms with Crippen LogP contribution in [0.3, 0.4) is 0 Å². The number of rotatable bonds is 5. The Bertz CT molecular complexity index is 985. The van der Waals surface area contributed by atoms with Gasteiger partial charge in [0, 0.05) is 29.4 Å². The Balaban J connectivity index is 2.05. The third-order valence-corrected chi connectivity index (χ3v) is 4.46. The van der Waals surface area contributed by atoms with Gasteiger partial charge >= 0.3 is 0 Å². The first-order valence-electron chi connectivity index (χ1n) is 7.87. The molecule has 0 spiro atoms. The molecule has 2 heterocycles. The van der Waals surface area contributed by atoms with E-state index in [1.807, 2.05) is 6.92 Å². The summed E-state index contributed by atoms with van der Waals surface area (Å²) in [5.41, 5.74) is 2.17. The van der Waals surface area contributed by atoms with Gasteiger partial charge in [-0.2, -0.15) is 0 Å². The number of ether oxygens (including phenoxy) is 2. The lowest BCUT2D eigenvalue weighted by Crippen LogP contribution is -2.17. The highest BCUT2D eigenvalue weighted by molar-refractivity contribution is 6.32. The highest BCUT2D eigenvalue weighted by Crippen LogP contribution is 2.36. The fraction of sp³-hybridized carbons (Fsp3) is 0.222. The van der Waals surface area contributed by atoms with Gasteiger partial charge < -0.3 is 14.8 Å². The van der Waals surface area contributed by atoms with E-state index in [1.54, 1.807) is 34.9 Å². The summed E-state index contributed by atoms with van der Waals surface area (Å²) in [7, 11) is 3.00. The Hall–Kier alpha value is -2.44. The summed E-state index contributed by atoms with van der Waals surface area (Å²) in [6, 6.07) is 6.62. The molecular formula is C18H17Cl2N3O3. The molecular weight excluding hydrogens is 377 g/mol. The molecule has 0 radical (unpaired) electrons. The first-order valence-corrected chi connectivity index (χ1v) is 8.63. The van der Waals surface area contributed by atoms with Gasteiger partial charge in [-0.05, 0) is 12.5 Å². The number of anilines is 1. The van der Waals surface area contributed by atoms with Crippen molar-refractivity contribution < 1.29 is 14.3 Å². The molecule has 0 saturated heterocycles. The van der Waals surface area contributed by atoms with Crippen LogP contribution in [0.2, 0.25) is 10.0 Å². The molecule has 0 unspecified atom stereocenters. The number of methoxy groups -OCH3 is 2. The summed E-state index contributed by atoms with van der Waals surface area (Å²) >= 11 is 12.1. The zero-order chi connectivity index (χ0) is 18.8. The van der Waals surface area contributed by atoms with E-state index in [9.17, 15) is 4.79 Å². The number of nitrogens with one attached hydrogen (secondary N) is 1. The molecule has 1 N–H and O–H groups in total. The van der Waals surface area contributed by atoms with Gasteiger partial charge in [0.05, 0.1) is 30.6 Å². The van der Waals surface area contributed by atoms with Crippen LogP contribution >= 0.6 is 23.2 Å². The molecule has 8 heteroatoms. The molecule has 6 nitrogen and oxygen atoms in total. The number of aromatic nitrogens is 2. The van der Waals surface area contributed by atoms with E-state index in [4.69, 9.17) is 32.7 Å². The zero-order valence-electron chi connectivity index (χ0n) is 14.5. The van der Waals surface area contributed by atoms with Crippen LogP contribution in [0.4, 0.5) is 5.69 Å². The predicted molar refractivity (Wildman–Crippen MR) is 102 cm³/mol. The normalized spacial score (nSPS) is 10.8. The highest BCUT2D eigenvalue weighted by Gasteiger charge is 2.20. The van der Waals surface area contributed by atoms with Crippen LogP contribution in [0.5, 0.6) is 11.5 Å². The molecule has 1 amide bonds. The minimum Gasteiger partial charge on any atom is -0.495 e. The first-order chi connectivity index (χ1) is 12.5. The molecule has 0 fully saturated rings. The molecule has 3 rings (SSSR count). The Labute approximate surface area is 160 Å². The number of carbonyl (C=O) groups excluding carboxylic acids is 1. The van der Waals surface area contributed by atoms with Crippen molar-refractivity contribution in [2.24, 2.45) is 0 Å². The largest absolute Gasteiger partial charge is 0.495 e. The number of aryl methyl sites for hydroxylation is 1. The van der Waals surface area contributed by atoms with Crippen molar-refractivity contribution in [3.8, 4) is 11.5 Å². The Morgan fingerprint density at radius 1 is 1.19 bits per heavy atom. The number of halogens is 2. The van der Waals surface area contributed by atoms with Crippen LogP contribution in [0, 0.1) is 0 Å². The number of pyridine rings is 1. The van der Waals surface area contributed by atoms with Gasteiger partial charge in [0.15, 0.2) is 0 Å². The molecule has 1 aromatic carbocycles. The van der Waals surface area contributed by atoms with Crippen molar-refractivity contribution in [3.05, 3.63) is 51.9 Å². The fourth-order valence-electron chi connectivity index (χ4n) is 2.70. The molecule has 0 atom stereocenters. The lowest BCUT2D eigenvalue weighted by atomic mass is 10.2. The third-order valence-electron chi connectivity index (χ3n) is 3.93. The van der Waals surface area contributed by atoms with Crippen molar-refractivity contribution in [3.63, 3.8) is 0 Å². The molecule has 26 heavy (non-hydrogen) atoms. The second-order valence-corrected chi connectivity index (χ2v) is 6.32. The highest BCUT2D eigenvalue weighted by atomic mass is 35.5. The van der Waals surface area contributed by atoms with Crippen molar-refractivity contribution in [1.29, 1.82) is 0 Å². The summed E-state index contributed by atoms with van der Waals surface area (Å²) in [5.74, 6) is 0.543. The lowest BCUT2D eigenvalue weighted by Gasteiger charge is -2.13. The van der Waals surface area contributed by atoms with E-state index >= 15 is 0 Å². The van der Waals surface area contributed by atoms with Gasteiger partial charge in [-0.25, -0.2) is 4.98 Å². The molecule has 0 bridgehead atoms. The maximum Gasteiger partial charge on any atom is 0.274 e. The molecule has 0 saturated carbocycles. The maximum atomic E-state index is 13.0. The molecule has 0 aliphatic rings. The van der Waals surface area contributed by atoms with Crippen LogP contribution < -0.4 is 14.8 Å². The van der Waals surface area contributed by atoms with E-state index in [1.165, 1.54) is 14.2 Å². The Morgan fingerprint density at radius 2 is 1.92 bits per heavy atom. The van der Waals surface area contributed by atoms with E-state index < -0.39 is 0 Å². The number of amides is 1. The van der Waals surface area contributed by atoms with Gasteiger partial charge in [0.25, 0.3) is 5.91 Å². The molecule has 3 aromatic rings.